The zero-order valence-electron chi connectivity index (χ0n) is 11.9. The van der Waals surface area contributed by atoms with Crippen LogP contribution in [0.1, 0.15) is 5.76 Å². The minimum atomic E-state index is -0.518. The topological polar surface area (TPSA) is 81.2 Å². The number of anilines is 1. The smallest absolute Gasteiger partial charge is 0.289 e. The largest absolute Gasteiger partial charge is 0.377 e. The second kappa shape index (κ2) is 6.50. The lowest BCUT2D eigenvalue weighted by Gasteiger charge is -2.04. The average molecular weight is 330 g/mol. The molecular weight excluding hydrogens is 318 g/mol. The number of hydrogen-bond donors (Lipinski definition) is 1. The molecule has 0 amide bonds. The number of nitrogens with one attached hydrogen (secondary N) is 1. The third kappa shape index (κ3) is 3.49. The van der Waals surface area contributed by atoms with Gasteiger partial charge in [-0.15, -0.1) is 0 Å². The van der Waals surface area contributed by atoms with Gasteiger partial charge in [-0.2, -0.15) is 0 Å². The summed E-state index contributed by atoms with van der Waals surface area (Å²) in [6.07, 6.45) is 0. The van der Waals surface area contributed by atoms with Crippen LogP contribution in [0.2, 0.25) is 5.02 Å². The second-order valence-electron chi connectivity index (χ2n) is 4.82. The third-order valence-corrected chi connectivity index (χ3v) is 3.56. The first-order chi connectivity index (χ1) is 11.1. The van der Waals surface area contributed by atoms with Crippen LogP contribution in [0.3, 0.4) is 0 Å². The van der Waals surface area contributed by atoms with Crippen molar-refractivity contribution in [1.82, 2.24) is 5.16 Å². The summed E-state index contributed by atoms with van der Waals surface area (Å²) in [7, 11) is 0. The molecular formula is C16H12ClN3O3. The van der Waals surface area contributed by atoms with Gasteiger partial charge in [0.2, 0.25) is 0 Å². The SMILES string of the molecule is O=[N+]([O-])c1cc(NCc2cc(-c3ccccc3)no2)ccc1Cl. The summed E-state index contributed by atoms with van der Waals surface area (Å²) in [5.74, 6) is 0.626. The van der Waals surface area contributed by atoms with Crippen LogP contribution >= 0.6 is 11.6 Å². The maximum Gasteiger partial charge on any atom is 0.289 e. The Hall–Kier alpha value is -2.86. The normalized spacial score (nSPS) is 10.5. The molecule has 23 heavy (non-hydrogen) atoms. The average Bonchev–Trinajstić information content (AvgIpc) is 3.03. The van der Waals surface area contributed by atoms with E-state index in [4.69, 9.17) is 16.1 Å². The van der Waals surface area contributed by atoms with E-state index in [1.807, 2.05) is 36.4 Å². The lowest BCUT2D eigenvalue weighted by molar-refractivity contribution is -0.384. The van der Waals surface area contributed by atoms with Gasteiger partial charge in [0.25, 0.3) is 5.69 Å². The molecule has 0 fully saturated rings. The highest BCUT2D eigenvalue weighted by Crippen LogP contribution is 2.27. The molecule has 6 nitrogen and oxygen atoms in total. The summed E-state index contributed by atoms with van der Waals surface area (Å²) in [5.41, 5.74) is 2.15. The fourth-order valence-electron chi connectivity index (χ4n) is 2.09. The molecule has 0 saturated carbocycles. The minimum Gasteiger partial charge on any atom is -0.377 e. The van der Waals surface area contributed by atoms with Crippen molar-refractivity contribution in [3.8, 4) is 11.3 Å². The van der Waals surface area contributed by atoms with Gasteiger partial charge in [-0.1, -0.05) is 47.1 Å². The Morgan fingerprint density at radius 2 is 1.96 bits per heavy atom. The quantitative estimate of drug-likeness (QED) is 0.550. The van der Waals surface area contributed by atoms with Crippen LogP contribution in [0.15, 0.2) is 59.1 Å². The summed E-state index contributed by atoms with van der Waals surface area (Å²) in [6.45, 7) is 0.360. The molecule has 3 aromatic rings. The number of benzene rings is 2. The van der Waals surface area contributed by atoms with Crippen molar-refractivity contribution in [2.75, 3.05) is 5.32 Å². The molecule has 3 rings (SSSR count). The van der Waals surface area contributed by atoms with Gasteiger partial charge >= 0.3 is 0 Å². The molecule has 0 aliphatic rings. The number of nitro groups is 1. The van der Waals surface area contributed by atoms with Crippen LogP contribution in [0, 0.1) is 10.1 Å². The Morgan fingerprint density at radius 1 is 1.17 bits per heavy atom. The molecule has 1 heterocycles. The number of nitrogens with zero attached hydrogens (tertiary/aromatic N) is 2. The molecule has 0 saturated heterocycles. The molecule has 7 heteroatoms. The van der Waals surface area contributed by atoms with Crippen molar-refractivity contribution < 1.29 is 9.45 Å². The Morgan fingerprint density at radius 3 is 2.70 bits per heavy atom. The summed E-state index contributed by atoms with van der Waals surface area (Å²) < 4.78 is 5.27. The van der Waals surface area contributed by atoms with Crippen LogP contribution in [0.5, 0.6) is 0 Å². The van der Waals surface area contributed by atoms with Crippen LogP contribution in [-0.4, -0.2) is 10.1 Å². The zero-order valence-corrected chi connectivity index (χ0v) is 12.7. The predicted molar refractivity (Wildman–Crippen MR) is 87.4 cm³/mol. The molecule has 1 aromatic heterocycles. The summed E-state index contributed by atoms with van der Waals surface area (Å²) in [6, 6.07) is 16.0. The first-order valence-corrected chi connectivity index (χ1v) is 7.20. The van der Waals surface area contributed by atoms with Crippen molar-refractivity contribution in [3.05, 3.63) is 75.5 Å². The number of rotatable bonds is 5. The van der Waals surface area contributed by atoms with Crippen molar-refractivity contribution in [1.29, 1.82) is 0 Å². The number of halogens is 1. The molecule has 0 bridgehead atoms. The fraction of sp³-hybridized carbons (Fsp3) is 0.0625. The van der Waals surface area contributed by atoms with Gasteiger partial charge in [0.1, 0.15) is 10.7 Å². The molecule has 0 atom stereocenters. The minimum absolute atomic E-state index is 0.103. The third-order valence-electron chi connectivity index (χ3n) is 3.24. The Kier molecular flexibility index (Phi) is 4.25. The van der Waals surface area contributed by atoms with Gasteiger partial charge in [-0.3, -0.25) is 10.1 Å². The maximum atomic E-state index is 10.9. The van der Waals surface area contributed by atoms with E-state index in [9.17, 15) is 10.1 Å². The highest BCUT2D eigenvalue weighted by molar-refractivity contribution is 6.32. The van der Waals surface area contributed by atoms with E-state index in [1.54, 1.807) is 6.07 Å². The molecule has 116 valence electrons. The van der Waals surface area contributed by atoms with E-state index in [0.29, 0.717) is 18.0 Å². The zero-order chi connectivity index (χ0) is 16.2. The lowest BCUT2D eigenvalue weighted by atomic mass is 10.1. The molecule has 2 aromatic carbocycles. The van der Waals surface area contributed by atoms with Crippen LogP contribution < -0.4 is 5.32 Å². The van der Waals surface area contributed by atoms with Crippen LogP contribution in [-0.2, 0) is 6.54 Å². The van der Waals surface area contributed by atoms with E-state index < -0.39 is 4.92 Å². The summed E-state index contributed by atoms with van der Waals surface area (Å²) >= 11 is 5.78. The number of nitro benzene ring substituents is 1. The van der Waals surface area contributed by atoms with E-state index in [-0.39, 0.29) is 10.7 Å². The van der Waals surface area contributed by atoms with E-state index in [1.165, 1.54) is 12.1 Å². The van der Waals surface area contributed by atoms with Crippen molar-refractivity contribution in [2.24, 2.45) is 0 Å². The lowest BCUT2D eigenvalue weighted by Crippen LogP contribution is -1.99. The molecule has 0 radical (unpaired) electrons. The monoisotopic (exact) mass is 329 g/mol. The first kappa shape index (κ1) is 15.1. The van der Waals surface area contributed by atoms with Crippen LogP contribution in [0.25, 0.3) is 11.3 Å². The highest BCUT2D eigenvalue weighted by Gasteiger charge is 2.13. The number of hydrogen-bond acceptors (Lipinski definition) is 5. The highest BCUT2D eigenvalue weighted by atomic mass is 35.5. The first-order valence-electron chi connectivity index (χ1n) is 6.82. The van der Waals surface area contributed by atoms with E-state index in [0.717, 1.165) is 11.3 Å². The second-order valence-corrected chi connectivity index (χ2v) is 5.23. The van der Waals surface area contributed by atoms with Gasteiger partial charge in [-0.05, 0) is 12.1 Å². The van der Waals surface area contributed by atoms with Crippen molar-refractivity contribution >= 4 is 23.0 Å². The van der Waals surface area contributed by atoms with E-state index in [2.05, 4.69) is 10.5 Å². The maximum absolute atomic E-state index is 10.9. The molecule has 0 aliphatic heterocycles. The standard InChI is InChI=1S/C16H12ClN3O3/c17-14-7-6-12(8-16(14)20(21)22)18-10-13-9-15(19-23-13)11-4-2-1-3-5-11/h1-9,18H,10H2. The van der Waals surface area contributed by atoms with Crippen LogP contribution in [0.4, 0.5) is 11.4 Å². The molecule has 1 N–H and O–H groups in total. The van der Waals surface area contributed by atoms with Gasteiger partial charge < -0.3 is 9.84 Å². The Labute approximate surface area is 136 Å². The van der Waals surface area contributed by atoms with Crippen molar-refractivity contribution in [3.63, 3.8) is 0 Å². The van der Waals surface area contributed by atoms with Gasteiger partial charge in [-0.25, -0.2) is 0 Å². The van der Waals surface area contributed by atoms with Crippen molar-refractivity contribution in [2.45, 2.75) is 6.54 Å². The van der Waals surface area contributed by atoms with E-state index >= 15 is 0 Å². The Bertz CT molecular complexity index is 834. The summed E-state index contributed by atoms with van der Waals surface area (Å²) in [5, 5.41) is 18.0. The molecule has 0 unspecified atom stereocenters. The summed E-state index contributed by atoms with van der Waals surface area (Å²) in [4.78, 5) is 10.4. The van der Waals surface area contributed by atoms with Gasteiger partial charge in [0.15, 0.2) is 5.76 Å². The van der Waals surface area contributed by atoms with Gasteiger partial charge in [0.05, 0.1) is 11.5 Å². The predicted octanol–water partition coefficient (Wildman–Crippen LogP) is 4.52. The molecule has 0 spiro atoms. The molecule has 0 aliphatic carbocycles. The Balaban J connectivity index is 1.71. The number of aromatic nitrogens is 1. The fourth-order valence-corrected chi connectivity index (χ4v) is 2.28. The van der Waals surface area contributed by atoms with Gasteiger partial charge in [0, 0.05) is 23.4 Å².